The standard InChI is InChI=1S/C22H24N2O4/c1-2-24(21(26)22(10-11-22)16-6-4-3-5-7-16)15-20(25)23-17-8-9-18-19(14-17)28-13-12-27-18/h3-9,14H,2,10-13,15H2,1H3,(H,23,25). The molecule has 2 aliphatic rings. The molecule has 1 fully saturated rings. The topological polar surface area (TPSA) is 67.9 Å². The number of benzene rings is 2. The molecular formula is C22H24N2O4. The van der Waals surface area contributed by atoms with E-state index in [1.807, 2.05) is 37.3 Å². The number of likely N-dealkylation sites (N-methyl/N-ethyl adjacent to an activating group) is 1. The smallest absolute Gasteiger partial charge is 0.243 e. The van der Waals surface area contributed by atoms with Gasteiger partial charge in [-0.15, -0.1) is 0 Å². The van der Waals surface area contributed by atoms with Gasteiger partial charge in [0.25, 0.3) is 0 Å². The summed E-state index contributed by atoms with van der Waals surface area (Å²) in [5, 5.41) is 2.85. The lowest BCUT2D eigenvalue weighted by Gasteiger charge is -2.26. The van der Waals surface area contributed by atoms with E-state index >= 15 is 0 Å². The highest BCUT2D eigenvalue weighted by Crippen LogP contribution is 2.49. The van der Waals surface area contributed by atoms with Crippen LogP contribution in [-0.2, 0) is 15.0 Å². The average molecular weight is 380 g/mol. The lowest BCUT2D eigenvalue weighted by molar-refractivity contribution is -0.136. The number of hydrogen-bond donors (Lipinski definition) is 1. The summed E-state index contributed by atoms with van der Waals surface area (Å²) in [6.45, 7) is 3.43. The highest BCUT2D eigenvalue weighted by Gasteiger charge is 2.52. The highest BCUT2D eigenvalue weighted by molar-refractivity contribution is 5.98. The van der Waals surface area contributed by atoms with E-state index in [1.54, 1.807) is 23.1 Å². The van der Waals surface area contributed by atoms with E-state index in [4.69, 9.17) is 9.47 Å². The minimum Gasteiger partial charge on any atom is -0.486 e. The number of rotatable bonds is 6. The summed E-state index contributed by atoms with van der Waals surface area (Å²) in [5.41, 5.74) is 1.20. The Hall–Kier alpha value is -3.02. The first-order valence-corrected chi connectivity index (χ1v) is 9.67. The summed E-state index contributed by atoms with van der Waals surface area (Å²) < 4.78 is 11.0. The van der Waals surface area contributed by atoms with Gasteiger partial charge in [-0.05, 0) is 37.5 Å². The SMILES string of the molecule is CCN(CC(=O)Nc1ccc2c(c1)OCCO2)C(=O)C1(c2ccccc2)CC1. The van der Waals surface area contributed by atoms with E-state index in [9.17, 15) is 9.59 Å². The van der Waals surface area contributed by atoms with Crippen molar-refractivity contribution in [2.75, 3.05) is 31.6 Å². The number of hydrogen-bond acceptors (Lipinski definition) is 4. The first-order chi connectivity index (χ1) is 13.6. The van der Waals surface area contributed by atoms with Gasteiger partial charge in [-0.25, -0.2) is 0 Å². The molecule has 0 saturated heterocycles. The first-order valence-electron chi connectivity index (χ1n) is 9.67. The third kappa shape index (κ3) is 3.54. The molecule has 0 aromatic heterocycles. The Morgan fingerprint density at radius 3 is 2.43 bits per heavy atom. The van der Waals surface area contributed by atoms with Crippen molar-refractivity contribution in [3.05, 3.63) is 54.1 Å². The molecule has 6 heteroatoms. The van der Waals surface area contributed by atoms with Crippen LogP contribution in [0.2, 0.25) is 0 Å². The molecule has 6 nitrogen and oxygen atoms in total. The second-order valence-corrected chi connectivity index (χ2v) is 7.17. The van der Waals surface area contributed by atoms with Crippen molar-refractivity contribution < 1.29 is 19.1 Å². The molecule has 0 radical (unpaired) electrons. The molecule has 0 spiro atoms. The van der Waals surface area contributed by atoms with Gasteiger partial charge in [0.2, 0.25) is 11.8 Å². The molecule has 0 atom stereocenters. The van der Waals surface area contributed by atoms with Gasteiger partial charge >= 0.3 is 0 Å². The molecule has 2 aromatic carbocycles. The zero-order chi connectivity index (χ0) is 19.6. The molecule has 28 heavy (non-hydrogen) atoms. The molecule has 1 N–H and O–H groups in total. The van der Waals surface area contributed by atoms with Crippen LogP contribution >= 0.6 is 0 Å². The van der Waals surface area contributed by atoms with Crippen LogP contribution in [0.4, 0.5) is 5.69 Å². The number of fused-ring (bicyclic) bond motifs is 1. The fourth-order valence-electron chi connectivity index (χ4n) is 3.63. The van der Waals surface area contributed by atoms with Gasteiger partial charge in [-0.3, -0.25) is 9.59 Å². The highest BCUT2D eigenvalue weighted by atomic mass is 16.6. The van der Waals surface area contributed by atoms with Crippen LogP contribution in [-0.4, -0.2) is 43.0 Å². The van der Waals surface area contributed by atoms with Crippen molar-refractivity contribution in [3.8, 4) is 11.5 Å². The summed E-state index contributed by atoms with van der Waals surface area (Å²) in [4.78, 5) is 27.3. The van der Waals surface area contributed by atoms with E-state index in [1.165, 1.54) is 0 Å². The minimum atomic E-state index is -0.464. The van der Waals surface area contributed by atoms with Gasteiger partial charge < -0.3 is 19.7 Å². The molecule has 0 bridgehead atoms. The van der Waals surface area contributed by atoms with Gasteiger partial charge in [0, 0.05) is 18.3 Å². The summed E-state index contributed by atoms with van der Waals surface area (Å²) in [6.07, 6.45) is 1.66. The van der Waals surface area contributed by atoms with Crippen LogP contribution in [0.3, 0.4) is 0 Å². The van der Waals surface area contributed by atoms with E-state index in [-0.39, 0.29) is 18.4 Å². The normalized spacial score (nSPS) is 16.2. The van der Waals surface area contributed by atoms with Crippen LogP contribution in [0.25, 0.3) is 0 Å². The van der Waals surface area contributed by atoms with Crippen molar-refractivity contribution >= 4 is 17.5 Å². The van der Waals surface area contributed by atoms with Crippen LogP contribution in [0.5, 0.6) is 11.5 Å². The van der Waals surface area contributed by atoms with E-state index in [0.717, 1.165) is 18.4 Å². The molecule has 1 heterocycles. The third-order valence-corrected chi connectivity index (χ3v) is 5.32. The fourth-order valence-corrected chi connectivity index (χ4v) is 3.63. The monoisotopic (exact) mass is 380 g/mol. The Bertz CT molecular complexity index is 877. The van der Waals surface area contributed by atoms with E-state index in [2.05, 4.69) is 5.32 Å². The van der Waals surface area contributed by atoms with Crippen molar-refractivity contribution in [1.29, 1.82) is 0 Å². The summed E-state index contributed by atoms with van der Waals surface area (Å²) in [7, 11) is 0. The van der Waals surface area contributed by atoms with Gasteiger partial charge in [0.05, 0.1) is 12.0 Å². The van der Waals surface area contributed by atoms with Crippen LogP contribution < -0.4 is 14.8 Å². The largest absolute Gasteiger partial charge is 0.486 e. The molecule has 1 aliphatic heterocycles. The Balaban J connectivity index is 1.42. The van der Waals surface area contributed by atoms with E-state index in [0.29, 0.717) is 36.9 Å². The average Bonchev–Trinajstić information content (AvgIpc) is 3.54. The molecule has 0 unspecified atom stereocenters. The van der Waals surface area contributed by atoms with Crippen molar-refractivity contribution in [3.63, 3.8) is 0 Å². The molecular weight excluding hydrogens is 356 g/mol. The predicted molar refractivity (Wildman–Crippen MR) is 106 cm³/mol. The Morgan fingerprint density at radius 1 is 1.04 bits per heavy atom. The number of amides is 2. The van der Waals surface area contributed by atoms with Gasteiger partial charge in [0.1, 0.15) is 13.2 Å². The summed E-state index contributed by atoms with van der Waals surface area (Å²) in [5.74, 6) is 1.09. The Kier molecular flexibility index (Phi) is 4.94. The Labute approximate surface area is 164 Å². The number of carbonyl (C=O) groups excluding carboxylic acids is 2. The lowest BCUT2D eigenvalue weighted by atomic mass is 9.94. The van der Waals surface area contributed by atoms with Crippen molar-refractivity contribution in [1.82, 2.24) is 4.90 Å². The lowest BCUT2D eigenvalue weighted by Crippen LogP contribution is -2.43. The second kappa shape index (κ2) is 7.54. The van der Waals surface area contributed by atoms with Crippen molar-refractivity contribution in [2.45, 2.75) is 25.2 Å². The molecule has 146 valence electrons. The molecule has 2 aromatic rings. The maximum atomic E-state index is 13.1. The number of anilines is 1. The zero-order valence-corrected chi connectivity index (χ0v) is 15.9. The fraction of sp³-hybridized carbons (Fsp3) is 0.364. The predicted octanol–water partition coefficient (Wildman–Crippen LogP) is 2.98. The van der Waals surface area contributed by atoms with Crippen LogP contribution in [0, 0.1) is 0 Å². The van der Waals surface area contributed by atoms with E-state index < -0.39 is 5.41 Å². The molecule has 2 amide bonds. The van der Waals surface area contributed by atoms with Gasteiger partial charge in [-0.2, -0.15) is 0 Å². The van der Waals surface area contributed by atoms with Gasteiger partial charge in [0.15, 0.2) is 11.5 Å². The second-order valence-electron chi connectivity index (χ2n) is 7.17. The number of ether oxygens (including phenoxy) is 2. The molecule has 1 saturated carbocycles. The molecule has 1 aliphatic carbocycles. The van der Waals surface area contributed by atoms with Gasteiger partial charge in [-0.1, -0.05) is 30.3 Å². The summed E-state index contributed by atoms with van der Waals surface area (Å²) in [6, 6.07) is 15.1. The zero-order valence-electron chi connectivity index (χ0n) is 15.9. The number of carbonyl (C=O) groups is 2. The first kappa shape index (κ1) is 18.3. The van der Waals surface area contributed by atoms with Crippen molar-refractivity contribution in [2.24, 2.45) is 0 Å². The maximum absolute atomic E-state index is 13.1. The number of nitrogens with one attached hydrogen (secondary N) is 1. The molecule has 4 rings (SSSR count). The Morgan fingerprint density at radius 2 is 1.75 bits per heavy atom. The number of nitrogens with zero attached hydrogens (tertiary/aromatic N) is 1. The quantitative estimate of drug-likeness (QED) is 0.837. The minimum absolute atomic E-state index is 0.0261. The summed E-state index contributed by atoms with van der Waals surface area (Å²) >= 11 is 0. The van der Waals surface area contributed by atoms with Crippen LogP contribution in [0.15, 0.2) is 48.5 Å². The maximum Gasteiger partial charge on any atom is 0.243 e. The third-order valence-electron chi connectivity index (χ3n) is 5.32. The van der Waals surface area contributed by atoms with Crippen LogP contribution in [0.1, 0.15) is 25.3 Å².